The molecule has 0 atom stereocenters. The van der Waals surface area contributed by atoms with Crippen LogP contribution in [-0.4, -0.2) is 15.0 Å². The molecule has 0 fully saturated rings. The van der Waals surface area contributed by atoms with Gasteiger partial charge in [0, 0.05) is 18.3 Å². The van der Waals surface area contributed by atoms with Gasteiger partial charge in [-0.1, -0.05) is 5.21 Å². The summed E-state index contributed by atoms with van der Waals surface area (Å²) in [5.41, 5.74) is 7.32. The Kier molecular flexibility index (Phi) is 1.92. The molecule has 0 bridgehead atoms. The van der Waals surface area contributed by atoms with Crippen molar-refractivity contribution in [3.05, 3.63) is 30.2 Å². The minimum absolute atomic E-state index is 0.333. The Bertz CT molecular complexity index is 464. The van der Waals surface area contributed by atoms with Crippen LogP contribution in [0.25, 0.3) is 11.3 Å². The quantitative estimate of drug-likeness (QED) is 0.691. The number of nitrogens with zero attached hydrogens (tertiary/aromatic N) is 3. The summed E-state index contributed by atoms with van der Waals surface area (Å²) in [6.45, 7) is 0. The molecule has 1 aromatic heterocycles. The average molecular weight is 192 g/mol. The van der Waals surface area contributed by atoms with Gasteiger partial charge in [0.25, 0.3) is 0 Å². The maximum absolute atomic E-state index is 12.9. The third kappa shape index (κ3) is 1.44. The molecular formula is C9H9FN4. The summed E-state index contributed by atoms with van der Waals surface area (Å²) in [5, 5.41) is 7.61. The van der Waals surface area contributed by atoms with Crippen molar-refractivity contribution >= 4 is 5.69 Å². The summed E-state index contributed by atoms with van der Waals surface area (Å²) >= 11 is 0. The molecule has 72 valence electrons. The Morgan fingerprint density at radius 2 is 2.21 bits per heavy atom. The van der Waals surface area contributed by atoms with Gasteiger partial charge in [0.2, 0.25) is 0 Å². The zero-order valence-corrected chi connectivity index (χ0v) is 7.61. The molecule has 2 rings (SSSR count). The predicted molar refractivity (Wildman–Crippen MR) is 50.8 cm³/mol. The van der Waals surface area contributed by atoms with Gasteiger partial charge in [0.05, 0.1) is 6.20 Å². The van der Waals surface area contributed by atoms with E-state index in [4.69, 9.17) is 5.73 Å². The lowest BCUT2D eigenvalue weighted by molar-refractivity contribution is 0.628. The summed E-state index contributed by atoms with van der Waals surface area (Å²) in [5.74, 6) is -0.333. The molecule has 2 N–H and O–H groups in total. The second-order valence-electron chi connectivity index (χ2n) is 3.01. The van der Waals surface area contributed by atoms with E-state index in [-0.39, 0.29) is 5.82 Å². The number of benzene rings is 1. The first-order valence-corrected chi connectivity index (χ1v) is 4.08. The van der Waals surface area contributed by atoms with Crippen molar-refractivity contribution in [1.29, 1.82) is 0 Å². The number of aromatic nitrogens is 3. The molecule has 0 aliphatic carbocycles. The average Bonchev–Trinajstić information content (AvgIpc) is 2.56. The molecule has 4 nitrogen and oxygen atoms in total. The molecule has 1 heterocycles. The largest absolute Gasteiger partial charge is 0.398 e. The Labute approximate surface area is 80.2 Å². The maximum Gasteiger partial charge on any atom is 0.124 e. The highest BCUT2D eigenvalue weighted by atomic mass is 19.1. The van der Waals surface area contributed by atoms with Crippen molar-refractivity contribution in [2.45, 2.75) is 0 Å². The number of nitrogen functional groups attached to an aromatic ring is 1. The van der Waals surface area contributed by atoms with Gasteiger partial charge in [0.15, 0.2) is 0 Å². The lowest BCUT2D eigenvalue weighted by Gasteiger charge is -2.00. The molecule has 0 radical (unpaired) electrons. The number of nitrogens with two attached hydrogens (primary N) is 1. The van der Waals surface area contributed by atoms with E-state index >= 15 is 0 Å². The number of rotatable bonds is 1. The summed E-state index contributed by atoms with van der Waals surface area (Å²) in [6.07, 6.45) is 1.69. The van der Waals surface area contributed by atoms with Crippen molar-refractivity contribution in [3.8, 4) is 11.3 Å². The minimum atomic E-state index is -0.333. The number of aryl methyl sites for hydroxylation is 1. The van der Waals surface area contributed by atoms with E-state index in [1.807, 2.05) is 0 Å². The molecule has 0 amide bonds. The highest BCUT2D eigenvalue weighted by molar-refractivity contribution is 5.72. The van der Waals surface area contributed by atoms with Crippen LogP contribution in [0, 0.1) is 5.82 Å². The molecule has 0 saturated heterocycles. The van der Waals surface area contributed by atoms with Crippen LogP contribution < -0.4 is 5.73 Å². The van der Waals surface area contributed by atoms with E-state index in [0.717, 1.165) is 0 Å². The van der Waals surface area contributed by atoms with Gasteiger partial charge in [-0.05, 0) is 18.2 Å². The third-order valence-electron chi connectivity index (χ3n) is 1.89. The van der Waals surface area contributed by atoms with E-state index in [2.05, 4.69) is 10.3 Å². The van der Waals surface area contributed by atoms with Crippen LogP contribution in [0.1, 0.15) is 0 Å². The molecule has 1 aromatic carbocycles. The van der Waals surface area contributed by atoms with Crippen molar-refractivity contribution in [1.82, 2.24) is 15.0 Å². The van der Waals surface area contributed by atoms with Crippen LogP contribution >= 0.6 is 0 Å². The van der Waals surface area contributed by atoms with Gasteiger partial charge in [-0.15, -0.1) is 5.10 Å². The van der Waals surface area contributed by atoms with Crippen molar-refractivity contribution < 1.29 is 4.39 Å². The standard InChI is InChI=1S/C9H9FN4/c1-14-5-9(12-13-14)7-4-6(10)2-3-8(7)11/h2-5H,11H2,1H3. The van der Waals surface area contributed by atoms with Crippen molar-refractivity contribution in [2.24, 2.45) is 7.05 Å². The molecule has 14 heavy (non-hydrogen) atoms. The first kappa shape index (κ1) is 8.68. The van der Waals surface area contributed by atoms with Gasteiger partial charge in [-0.2, -0.15) is 0 Å². The van der Waals surface area contributed by atoms with Gasteiger partial charge < -0.3 is 5.73 Å². The lowest BCUT2D eigenvalue weighted by atomic mass is 10.1. The van der Waals surface area contributed by atoms with Gasteiger partial charge >= 0.3 is 0 Å². The Hall–Kier alpha value is -1.91. The molecule has 0 spiro atoms. The summed E-state index contributed by atoms with van der Waals surface area (Å²) in [6, 6.07) is 4.17. The number of halogens is 1. The summed E-state index contributed by atoms with van der Waals surface area (Å²) < 4.78 is 14.5. The Balaban J connectivity index is 2.55. The van der Waals surface area contributed by atoms with Crippen LogP contribution in [0.2, 0.25) is 0 Å². The summed E-state index contributed by atoms with van der Waals surface area (Å²) in [7, 11) is 1.74. The fourth-order valence-corrected chi connectivity index (χ4v) is 1.22. The smallest absolute Gasteiger partial charge is 0.124 e. The van der Waals surface area contributed by atoms with Gasteiger partial charge in [-0.25, -0.2) is 4.39 Å². The Morgan fingerprint density at radius 3 is 2.86 bits per heavy atom. The van der Waals surface area contributed by atoms with Crippen molar-refractivity contribution in [2.75, 3.05) is 5.73 Å². The zero-order chi connectivity index (χ0) is 10.1. The third-order valence-corrected chi connectivity index (χ3v) is 1.89. The van der Waals surface area contributed by atoms with Gasteiger partial charge in [-0.3, -0.25) is 4.68 Å². The topological polar surface area (TPSA) is 56.7 Å². The van der Waals surface area contributed by atoms with E-state index in [9.17, 15) is 4.39 Å². The summed E-state index contributed by atoms with van der Waals surface area (Å²) in [4.78, 5) is 0. The van der Waals surface area contributed by atoms with Crippen LogP contribution in [0.5, 0.6) is 0 Å². The molecule has 2 aromatic rings. The van der Waals surface area contributed by atoms with Crippen LogP contribution in [-0.2, 0) is 7.05 Å². The second kappa shape index (κ2) is 3.10. The molecule has 0 aliphatic rings. The van der Waals surface area contributed by atoms with E-state index < -0.39 is 0 Å². The lowest BCUT2D eigenvalue weighted by Crippen LogP contribution is -1.91. The van der Waals surface area contributed by atoms with Crippen LogP contribution in [0.3, 0.4) is 0 Å². The number of anilines is 1. The van der Waals surface area contributed by atoms with Crippen LogP contribution in [0.15, 0.2) is 24.4 Å². The number of hydrogen-bond acceptors (Lipinski definition) is 3. The predicted octanol–water partition coefficient (Wildman–Crippen LogP) is 1.20. The normalized spacial score (nSPS) is 10.4. The molecule has 5 heteroatoms. The van der Waals surface area contributed by atoms with E-state index in [0.29, 0.717) is 16.9 Å². The highest BCUT2D eigenvalue weighted by Gasteiger charge is 2.07. The first-order valence-electron chi connectivity index (χ1n) is 4.08. The molecule has 0 unspecified atom stereocenters. The first-order chi connectivity index (χ1) is 6.66. The highest BCUT2D eigenvalue weighted by Crippen LogP contribution is 2.23. The van der Waals surface area contributed by atoms with E-state index in [1.165, 1.54) is 18.2 Å². The fraction of sp³-hybridized carbons (Fsp3) is 0.111. The van der Waals surface area contributed by atoms with Gasteiger partial charge in [0.1, 0.15) is 11.5 Å². The molecule has 0 aliphatic heterocycles. The number of hydrogen-bond donors (Lipinski definition) is 1. The fourth-order valence-electron chi connectivity index (χ4n) is 1.22. The monoisotopic (exact) mass is 192 g/mol. The second-order valence-corrected chi connectivity index (χ2v) is 3.01. The SMILES string of the molecule is Cn1cc(-c2cc(F)ccc2N)nn1. The maximum atomic E-state index is 12.9. The van der Waals surface area contributed by atoms with Crippen molar-refractivity contribution in [3.63, 3.8) is 0 Å². The molecular weight excluding hydrogens is 183 g/mol. The Morgan fingerprint density at radius 1 is 1.43 bits per heavy atom. The van der Waals surface area contributed by atoms with E-state index in [1.54, 1.807) is 17.9 Å². The minimum Gasteiger partial charge on any atom is -0.398 e. The zero-order valence-electron chi connectivity index (χ0n) is 7.61. The van der Waals surface area contributed by atoms with Crippen LogP contribution in [0.4, 0.5) is 10.1 Å². The molecule has 0 saturated carbocycles.